The molecule has 0 spiro atoms. The number of pyridine rings is 1. The molecule has 0 bridgehead atoms. The minimum absolute atomic E-state index is 0.446. The summed E-state index contributed by atoms with van der Waals surface area (Å²) in [7, 11) is 0. The number of rotatable bonds is 4. The van der Waals surface area contributed by atoms with E-state index in [1.54, 1.807) is 12.1 Å². The van der Waals surface area contributed by atoms with E-state index in [2.05, 4.69) is 15.2 Å². The third kappa shape index (κ3) is 3.26. The van der Waals surface area contributed by atoms with E-state index in [0.29, 0.717) is 26.9 Å². The van der Waals surface area contributed by atoms with E-state index in [4.69, 9.17) is 27.6 Å². The molecule has 120 valence electrons. The molecule has 1 aromatic carbocycles. The molecule has 0 fully saturated rings. The monoisotopic (exact) mass is 376 g/mol. The molecule has 0 saturated carbocycles. The zero-order valence-electron chi connectivity index (χ0n) is 12.2. The Morgan fingerprint density at radius 2 is 1.96 bits per heavy atom. The molecule has 0 aliphatic carbocycles. The van der Waals surface area contributed by atoms with Crippen LogP contribution in [-0.4, -0.2) is 19.6 Å². The zero-order valence-corrected chi connectivity index (χ0v) is 14.5. The highest BCUT2D eigenvalue weighted by Gasteiger charge is 2.11. The van der Waals surface area contributed by atoms with Crippen molar-refractivity contribution in [3.05, 3.63) is 64.5 Å². The number of imidazole rings is 1. The number of nitrogens with zero attached hydrogens (tertiary/aromatic N) is 4. The van der Waals surface area contributed by atoms with Gasteiger partial charge in [-0.25, -0.2) is 4.98 Å². The molecule has 0 radical (unpaired) electrons. The Morgan fingerprint density at radius 1 is 1.04 bits per heavy atom. The lowest BCUT2D eigenvalue weighted by Gasteiger charge is -1.95. The minimum atomic E-state index is 0.446. The van der Waals surface area contributed by atoms with Gasteiger partial charge in [0.2, 0.25) is 5.89 Å². The van der Waals surface area contributed by atoms with Gasteiger partial charge >= 0.3 is 0 Å². The fraction of sp³-hybridized carbons (Fsp3) is 0.0625. The van der Waals surface area contributed by atoms with Crippen molar-refractivity contribution in [1.29, 1.82) is 0 Å². The molecule has 4 aromatic rings. The molecule has 0 unspecified atom stereocenters. The second-order valence-electron chi connectivity index (χ2n) is 5.02. The Hall–Kier alpha value is -2.02. The molecule has 3 aromatic heterocycles. The summed E-state index contributed by atoms with van der Waals surface area (Å²) in [5.41, 5.74) is 2.55. The first-order valence-corrected chi connectivity index (χ1v) is 8.77. The highest BCUT2D eigenvalue weighted by Crippen LogP contribution is 2.27. The fourth-order valence-corrected chi connectivity index (χ4v) is 3.23. The Balaban J connectivity index is 1.49. The summed E-state index contributed by atoms with van der Waals surface area (Å²) in [6.07, 6.45) is 3.75. The molecule has 4 rings (SSSR count). The Kier molecular flexibility index (Phi) is 4.18. The van der Waals surface area contributed by atoms with E-state index >= 15 is 0 Å². The van der Waals surface area contributed by atoms with Gasteiger partial charge in [-0.3, -0.25) is 0 Å². The Labute approximate surface area is 151 Å². The van der Waals surface area contributed by atoms with Gasteiger partial charge in [-0.05, 0) is 30.3 Å². The van der Waals surface area contributed by atoms with Gasteiger partial charge in [0.15, 0.2) is 0 Å². The Bertz CT molecular complexity index is 1010. The second-order valence-corrected chi connectivity index (χ2v) is 6.82. The van der Waals surface area contributed by atoms with Crippen molar-refractivity contribution in [2.45, 2.75) is 11.0 Å². The molecule has 24 heavy (non-hydrogen) atoms. The van der Waals surface area contributed by atoms with Crippen LogP contribution in [0, 0.1) is 0 Å². The quantitative estimate of drug-likeness (QED) is 0.470. The van der Waals surface area contributed by atoms with Crippen molar-refractivity contribution < 1.29 is 4.42 Å². The van der Waals surface area contributed by atoms with Gasteiger partial charge in [0.25, 0.3) is 5.22 Å². The first-order valence-electron chi connectivity index (χ1n) is 7.03. The van der Waals surface area contributed by atoms with Crippen LogP contribution in [0.2, 0.25) is 10.0 Å². The molecule has 3 heterocycles. The largest absolute Gasteiger partial charge is 0.411 e. The van der Waals surface area contributed by atoms with Gasteiger partial charge < -0.3 is 8.82 Å². The van der Waals surface area contributed by atoms with Crippen LogP contribution in [0.25, 0.3) is 17.1 Å². The Morgan fingerprint density at radius 3 is 2.83 bits per heavy atom. The summed E-state index contributed by atoms with van der Waals surface area (Å²) in [6.45, 7) is 0. The smallest absolute Gasteiger partial charge is 0.277 e. The second kappa shape index (κ2) is 6.47. The van der Waals surface area contributed by atoms with Crippen LogP contribution in [0.4, 0.5) is 0 Å². The van der Waals surface area contributed by atoms with E-state index in [-0.39, 0.29) is 0 Å². The molecule has 0 aliphatic heterocycles. The van der Waals surface area contributed by atoms with Crippen molar-refractivity contribution in [2.75, 3.05) is 0 Å². The van der Waals surface area contributed by atoms with Gasteiger partial charge in [0.05, 0.1) is 10.7 Å². The van der Waals surface area contributed by atoms with E-state index < -0.39 is 0 Å². The predicted molar refractivity (Wildman–Crippen MR) is 94.5 cm³/mol. The van der Waals surface area contributed by atoms with Crippen LogP contribution in [0.15, 0.2) is 58.4 Å². The summed E-state index contributed by atoms with van der Waals surface area (Å²) in [5.74, 6) is 1.07. The first kappa shape index (κ1) is 15.5. The van der Waals surface area contributed by atoms with Crippen LogP contribution in [0.3, 0.4) is 0 Å². The van der Waals surface area contributed by atoms with Crippen molar-refractivity contribution in [3.8, 4) is 11.5 Å². The maximum atomic E-state index is 5.98. The topological polar surface area (TPSA) is 56.2 Å². The van der Waals surface area contributed by atoms with E-state index in [0.717, 1.165) is 16.9 Å². The summed E-state index contributed by atoms with van der Waals surface area (Å²) in [6, 6.07) is 11.0. The summed E-state index contributed by atoms with van der Waals surface area (Å²) in [5, 5.41) is 9.89. The summed E-state index contributed by atoms with van der Waals surface area (Å²) in [4.78, 5) is 4.52. The van der Waals surface area contributed by atoms with Gasteiger partial charge in [0.1, 0.15) is 5.65 Å². The van der Waals surface area contributed by atoms with Crippen LogP contribution in [0.5, 0.6) is 0 Å². The molecular weight excluding hydrogens is 367 g/mol. The molecule has 8 heteroatoms. The molecular formula is C16H10Cl2N4OS. The SMILES string of the molecule is Clc1cccc(-c2nnc(SCc3cn4cc(Cl)ccc4n3)o2)c1. The van der Waals surface area contributed by atoms with E-state index in [9.17, 15) is 0 Å². The van der Waals surface area contributed by atoms with Crippen LogP contribution in [-0.2, 0) is 5.75 Å². The molecule has 0 amide bonds. The van der Waals surface area contributed by atoms with Crippen molar-refractivity contribution in [2.24, 2.45) is 0 Å². The van der Waals surface area contributed by atoms with E-state index in [1.807, 2.05) is 41.1 Å². The molecule has 0 aliphatic rings. The summed E-state index contributed by atoms with van der Waals surface area (Å²) < 4.78 is 7.56. The normalized spacial score (nSPS) is 11.2. The maximum absolute atomic E-state index is 5.98. The van der Waals surface area contributed by atoms with Gasteiger partial charge in [-0.15, -0.1) is 10.2 Å². The number of aromatic nitrogens is 4. The van der Waals surface area contributed by atoms with Crippen molar-refractivity contribution in [1.82, 2.24) is 19.6 Å². The number of halogens is 2. The lowest BCUT2D eigenvalue weighted by Crippen LogP contribution is -1.79. The third-order valence-corrected chi connectivity index (χ3v) is 4.60. The average Bonchev–Trinajstić information content (AvgIpc) is 3.19. The van der Waals surface area contributed by atoms with Gasteiger partial charge in [-0.1, -0.05) is 41.0 Å². The highest BCUT2D eigenvalue weighted by molar-refractivity contribution is 7.98. The molecule has 0 N–H and O–H groups in total. The van der Waals surface area contributed by atoms with Crippen LogP contribution < -0.4 is 0 Å². The number of benzene rings is 1. The molecule has 5 nitrogen and oxygen atoms in total. The summed E-state index contributed by atoms with van der Waals surface area (Å²) >= 11 is 13.4. The predicted octanol–water partition coefficient (Wildman–Crippen LogP) is 4.98. The highest BCUT2D eigenvalue weighted by atomic mass is 35.5. The average molecular weight is 377 g/mol. The number of hydrogen-bond acceptors (Lipinski definition) is 5. The lowest BCUT2D eigenvalue weighted by atomic mass is 10.2. The number of thioether (sulfide) groups is 1. The minimum Gasteiger partial charge on any atom is -0.411 e. The van der Waals surface area contributed by atoms with Gasteiger partial charge in [-0.2, -0.15) is 0 Å². The van der Waals surface area contributed by atoms with E-state index in [1.165, 1.54) is 11.8 Å². The molecule has 0 atom stereocenters. The lowest BCUT2D eigenvalue weighted by molar-refractivity contribution is 0.466. The van der Waals surface area contributed by atoms with Crippen molar-refractivity contribution in [3.63, 3.8) is 0 Å². The maximum Gasteiger partial charge on any atom is 0.277 e. The van der Waals surface area contributed by atoms with Crippen molar-refractivity contribution >= 4 is 40.6 Å². The first-order chi connectivity index (χ1) is 11.7. The number of hydrogen-bond donors (Lipinski definition) is 0. The third-order valence-electron chi connectivity index (χ3n) is 3.29. The van der Waals surface area contributed by atoms with Crippen LogP contribution >= 0.6 is 35.0 Å². The zero-order chi connectivity index (χ0) is 16.5. The standard InChI is InChI=1S/C16H10Cl2N4OS/c17-11-3-1-2-10(6-11)15-20-21-16(23-15)24-9-13-8-22-7-12(18)4-5-14(22)19-13/h1-8H,9H2. The van der Waals surface area contributed by atoms with Crippen LogP contribution in [0.1, 0.15) is 5.69 Å². The number of fused-ring (bicyclic) bond motifs is 1. The van der Waals surface area contributed by atoms with Gasteiger partial charge in [0, 0.05) is 28.7 Å². The molecule has 0 saturated heterocycles. The fourth-order valence-electron chi connectivity index (χ4n) is 2.23.